The monoisotopic (exact) mass is 216 g/mol. The third-order valence-corrected chi connectivity index (χ3v) is 4.07. The fourth-order valence-electron chi connectivity index (χ4n) is 2.80. The zero-order valence-electron chi connectivity index (χ0n) is 8.88. The van der Waals surface area contributed by atoms with Crippen LogP contribution in [0.15, 0.2) is 0 Å². The van der Waals surface area contributed by atoms with Crippen LogP contribution >= 0.6 is 11.6 Å². The quantitative estimate of drug-likeness (QED) is 0.479. The Bertz CT molecular complexity index is 164. The number of ether oxygens (including phenoxy) is 1. The second kappa shape index (κ2) is 5.37. The fraction of sp³-hybridized carbons (Fsp3) is 1.00. The van der Waals surface area contributed by atoms with Gasteiger partial charge in [-0.3, -0.25) is 0 Å². The summed E-state index contributed by atoms with van der Waals surface area (Å²) in [7, 11) is 0. The number of hydrogen-bond donors (Lipinski definition) is 0. The van der Waals surface area contributed by atoms with Crippen LogP contribution in [0.3, 0.4) is 0 Å². The van der Waals surface area contributed by atoms with Gasteiger partial charge in [-0.05, 0) is 31.6 Å². The van der Waals surface area contributed by atoms with Crippen molar-refractivity contribution in [3.63, 3.8) is 0 Å². The Morgan fingerprint density at radius 1 is 0.929 bits per heavy atom. The van der Waals surface area contributed by atoms with Gasteiger partial charge in [0.15, 0.2) is 0 Å². The molecule has 0 aromatic heterocycles. The maximum atomic E-state index is 6.19. The molecule has 1 aliphatic carbocycles. The standard InChI is InChI=1S/C12H21ClO/c13-11-7-8-14-12(9-11)10-5-3-1-2-4-6-10/h10-12H,1-9H2. The Morgan fingerprint density at radius 3 is 2.29 bits per heavy atom. The maximum Gasteiger partial charge on any atom is 0.0617 e. The third-order valence-electron chi connectivity index (χ3n) is 3.68. The second-order valence-corrected chi connectivity index (χ2v) is 5.40. The molecule has 2 heteroatoms. The van der Waals surface area contributed by atoms with Gasteiger partial charge in [-0.2, -0.15) is 0 Å². The minimum absolute atomic E-state index is 0.372. The summed E-state index contributed by atoms with van der Waals surface area (Å²) in [5, 5.41) is 0.372. The van der Waals surface area contributed by atoms with Crippen molar-refractivity contribution in [3.05, 3.63) is 0 Å². The molecule has 1 heterocycles. The van der Waals surface area contributed by atoms with Gasteiger partial charge >= 0.3 is 0 Å². The molecule has 2 unspecified atom stereocenters. The second-order valence-electron chi connectivity index (χ2n) is 4.78. The van der Waals surface area contributed by atoms with Crippen molar-refractivity contribution in [3.8, 4) is 0 Å². The van der Waals surface area contributed by atoms with E-state index < -0.39 is 0 Å². The lowest BCUT2D eigenvalue weighted by molar-refractivity contribution is -0.0231. The van der Waals surface area contributed by atoms with Crippen LogP contribution in [0.2, 0.25) is 0 Å². The number of rotatable bonds is 1. The molecule has 14 heavy (non-hydrogen) atoms. The highest BCUT2D eigenvalue weighted by atomic mass is 35.5. The third kappa shape index (κ3) is 2.87. The molecule has 0 N–H and O–H groups in total. The molecule has 1 saturated heterocycles. The molecular weight excluding hydrogens is 196 g/mol. The van der Waals surface area contributed by atoms with Crippen molar-refractivity contribution in [2.45, 2.75) is 62.8 Å². The van der Waals surface area contributed by atoms with E-state index in [1.807, 2.05) is 0 Å². The predicted molar refractivity (Wildman–Crippen MR) is 59.8 cm³/mol. The summed E-state index contributed by atoms with van der Waals surface area (Å²) in [6, 6.07) is 0. The molecule has 2 fully saturated rings. The minimum Gasteiger partial charge on any atom is -0.378 e. The van der Waals surface area contributed by atoms with Crippen LogP contribution in [0.4, 0.5) is 0 Å². The molecule has 1 aliphatic heterocycles. The van der Waals surface area contributed by atoms with E-state index in [2.05, 4.69) is 0 Å². The lowest BCUT2D eigenvalue weighted by Crippen LogP contribution is -2.32. The molecular formula is C12H21ClO. The van der Waals surface area contributed by atoms with Gasteiger partial charge in [0.1, 0.15) is 0 Å². The molecule has 0 radical (unpaired) electrons. The summed E-state index contributed by atoms with van der Waals surface area (Å²) in [6.45, 7) is 0.884. The first-order valence-electron chi connectivity index (χ1n) is 6.12. The molecule has 2 rings (SSSR count). The van der Waals surface area contributed by atoms with E-state index in [0.29, 0.717) is 11.5 Å². The SMILES string of the molecule is ClC1CCOC(C2CCCCCC2)C1. The van der Waals surface area contributed by atoms with E-state index in [1.54, 1.807) is 0 Å². The average molecular weight is 217 g/mol. The zero-order valence-corrected chi connectivity index (χ0v) is 9.64. The summed E-state index contributed by atoms with van der Waals surface area (Å²) in [5.41, 5.74) is 0. The van der Waals surface area contributed by atoms with Gasteiger partial charge in [-0.25, -0.2) is 0 Å². The number of alkyl halides is 1. The number of halogens is 1. The summed E-state index contributed by atoms with van der Waals surface area (Å²) >= 11 is 6.19. The Labute approximate surface area is 92.2 Å². The summed E-state index contributed by atoms with van der Waals surface area (Å²) < 4.78 is 5.86. The van der Waals surface area contributed by atoms with Crippen molar-refractivity contribution in [2.75, 3.05) is 6.61 Å². The molecule has 0 spiro atoms. The molecule has 82 valence electrons. The van der Waals surface area contributed by atoms with E-state index in [-0.39, 0.29) is 0 Å². The van der Waals surface area contributed by atoms with Crippen LogP contribution in [-0.2, 0) is 4.74 Å². The average Bonchev–Trinajstić information content (AvgIpc) is 2.45. The molecule has 2 aliphatic rings. The first kappa shape index (κ1) is 10.8. The predicted octanol–water partition coefficient (Wildman–Crippen LogP) is 3.74. The maximum absolute atomic E-state index is 6.19. The molecule has 1 saturated carbocycles. The highest BCUT2D eigenvalue weighted by Gasteiger charge is 2.28. The van der Waals surface area contributed by atoms with Crippen molar-refractivity contribution in [2.24, 2.45) is 5.92 Å². The molecule has 2 atom stereocenters. The highest BCUT2D eigenvalue weighted by Crippen LogP contribution is 2.32. The topological polar surface area (TPSA) is 9.23 Å². The van der Waals surface area contributed by atoms with Gasteiger partial charge < -0.3 is 4.74 Å². The summed E-state index contributed by atoms with van der Waals surface area (Å²) in [4.78, 5) is 0. The first-order valence-corrected chi connectivity index (χ1v) is 6.55. The highest BCUT2D eigenvalue weighted by molar-refractivity contribution is 6.20. The van der Waals surface area contributed by atoms with E-state index in [1.165, 1.54) is 38.5 Å². The van der Waals surface area contributed by atoms with Crippen LogP contribution in [-0.4, -0.2) is 18.1 Å². The van der Waals surface area contributed by atoms with E-state index >= 15 is 0 Å². The molecule has 0 bridgehead atoms. The molecule has 0 aromatic carbocycles. The lowest BCUT2D eigenvalue weighted by atomic mass is 9.89. The van der Waals surface area contributed by atoms with Gasteiger partial charge in [0, 0.05) is 12.0 Å². The fourth-order valence-corrected chi connectivity index (χ4v) is 3.06. The molecule has 0 amide bonds. The summed E-state index contributed by atoms with van der Waals surface area (Å²) in [5.74, 6) is 0.805. The van der Waals surface area contributed by atoms with Gasteiger partial charge in [0.05, 0.1) is 6.10 Å². The van der Waals surface area contributed by atoms with Gasteiger partial charge in [-0.1, -0.05) is 25.7 Å². The van der Waals surface area contributed by atoms with Gasteiger partial charge in [-0.15, -0.1) is 11.6 Å². The molecule has 1 nitrogen and oxygen atoms in total. The Morgan fingerprint density at radius 2 is 1.64 bits per heavy atom. The van der Waals surface area contributed by atoms with Crippen LogP contribution in [0.25, 0.3) is 0 Å². The van der Waals surface area contributed by atoms with Gasteiger partial charge in [0.25, 0.3) is 0 Å². The van der Waals surface area contributed by atoms with Crippen molar-refractivity contribution < 1.29 is 4.74 Å². The van der Waals surface area contributed by atoms with Crippen LogP contribution in [0.5, 0.6) is 0 Å². The van der Waals surface area contributed by atoms with Crippen LogP contribution in [0.1, 0.15) is 51.4 Å². The van der Waals surface area contributed by atoms with E-state index in [0.717, 1.165) is 25.4 Å². The van der Waals surface area contributed by atoms with Crippen LogP contribution in [0, 0.1) is 5.92 Å². The molecule has 0 aromatic rings. The van der Waals surface area contributed by atoms with Crippen molar-refractivity contribution in [1.82, 2.24) is 0 Å². The van der Waals surface area contributed by atoms with Crippen LogP contribution < -0.4 is 0 Å². The van der Waals surface area contributed by atoms with Gasteiger partial charge in [0.2, 0.25) is 0 Å². The van der Waals surface area contributed by atoms with E-state index in [4.69, 9.17) is 16.3 Å². The van der Waals surface area contributed by atoms with Crippen molar-refractivity contribution >= 4 is 11.6 Å². The lowest BCUT2D eigenvalue weighted by Gasteiger charge is -2.32. The number of hydrogen-bond acceptors (Lipinski definition) is 1. The van der Waals surface area contributed by atoms with Crippen molar-refractivity contribution in [1.29, 1.82) is 0 Å². The Balaban J connectivity index is 1.85. The normalized spacial score (nSPS) is 36.6. The summed E-state index contributed by atoms with van der Waals surface area (Å²) in [6.07, 6.45) is 11.0. The van der Waals surface area contributed by atoms with E-state index in [9.17, 15) is 0 Å². The Hall–Kier alpha value is 0.250. The minimum atomic E-state index is 0.372. The smallest absolute Gasteiger partial charge is 0.0617 e. The largest absolute Gasteiger partial charge is 0.378 e. The Kier molecular flexibility index (Phi) is 4.12. The zero-order chi connectivity index (χ0) is 9.80. The first-order chi connectivity index (χ1) is 6.86.